The Labute approximate surface area is 276 Å². The molecule has 0 fully saturated rings. The van der Waals surface area contributed by atoms with Gasteiger partial charge < -0.3 is 21.1 Å². The number of allylic oxidation sites excluding steroid dienone is 5. The number of rotatable bonds is 33. The van der Waals surface area contributed by atoms with Crippen molar-refractivity contribution in [3.63, 3.8) is 0 Å². The predicted octanol–water partition coefficient (Wildman–Crippen LogP) is 9.22. The topological polar surface area (TPSA) is 131 Å². The Morgan fingerprint density at radius 2 is 1.18 bits per heavy atom. The summed E-state index contributed by atoms with van der Waals surface area (Å²) in [6.45, 7) is 4.05. The molecule has 3 unspecified atom stereocenters. The van der Waals surface area contributed by atoms with E-state index in [9.17, 15) is 19.4 Å². The molecule has 0 aromatic carbocycles. The summed E-state index contributed by atoms with van der Waals surface area (Å²) in [4.78, 5) is 22.5. The number of phosphoric ester groups is 1. The smallest absolute Gasteiger partial charge is 0.387 e. The van der Waals surface area contributed by atoms with Gasteiger partial charge in [0, 0.05) is 13.0 Å². The standard InChI is InChI=1S/C36H69N2O6P/c1-3-5-7-9-11-13-15-17-18-20-22-24-26-28-30-36(40)38-34(33-44-45(41,42)43-32-31-37)35(39)29-27-25-23-21-19-16-14-12-10-8-6-4-2/h15,17,19,21,27,29,34-35,39H,3-14,16,18,20,22-26,28,30-33,37H2,1-2H3,(H,38,40)(H,41,42)/b17-15-,21-19+,29-27+. The lowest BCUT2D eigenvalue weighted by Gasteiger charge is -2.23. The molecule has 1 amide bonds. The number of aliphatic hydroxyl groups excluding tert-OH is 1. The molecule has 0 aliphatic rings. The molecule has 0 bridgehead atoms. The number of aliphatic hydroxyl groups is 1. The summed E-state index contributed by atoms with van der Waals surface area (Å²) in [7, 11) is -4.34. The van der Waals surface area contributed by atoms with E-state index < -0.39 is 20.0 Å². The largest absolute Gasteiger partial charge is 0.472 e. The summed E-state index contributed by atoms with van der Waals surface area (Å²) < 4.78 is 22.0. The quantitative estimate of drug-likeness (QED) is 0.0315. The van der Waals surface area contributed by atoms with Gasteiger partial charge in [0.25, 0.3) is 0 Å². The molecule has 8 nitrogen and oxygen atoms in total. The summed E-state index contributed by atoms with van der Waals surface area (Å²) in [5, 5.41) is 13.5. The lowest BCUT2D eigenvalue weighted by Crippen LogP contribution is -2.45. The van der Waals surface area contributed by atoms with Crippen molar-refractivity contribution in [2.45, 2.75) is 167 Å². The maximum atomic E-state index is 12.6. The Hall–Kier alpha value is -1.28. The molecule has 0 spiro atoms. The van der Waals surface area contributed by atoms with E-state index in [1.165, 1.54) is 83.5 Å². The highest BCUT2D eigenvalue weighted by Crippen LogP contribution is 2.43. The first-order valence-corrected chi connectivity index (χ1v) is 19.6. The van der Waals surface area contributed by atoms with E-state index in [0.29, 0.717) is 6.42 Å². The molecule has 3 atom stereocenters. The number of nitrogens with one attached hydrogen (secondary N) is 1. The maximum Gasteiger partial charge on any atom is 0.472 e. The number of hydrogen-bond donors (Lipinski definition) is 4. The van der Waals surface area contributed by atoms with Crippen molar-refractivity contribution in [1.82, 2.24) is 5.32 Å². The van der Waals surface area contributed by atoms with Gasteiger partial charge in [0.15, 0.2) is 0 Å². The molecular weight excluding hydrogens is 587 g/mol. The van der Waals surface area contributed by atoms with Gasteiger partial charge in [-0.15, -0.1) is 0 Å². The molecule has 0 aliphatic heterocycles. The predicted molar refractivity (Wildman–Crippen MR) is 189 cm³/mol. The van der Waals surface area contributed by atoms with Crippen LogP contribution >= 0.6 is 7.82 Å². The molecule has 9 heteroatoms. The Balaban J connectivity index is 4.42. The third-order valence-corrected chi connectivity index (χ3v) is 8.67. The zero-order valence-corrected chi connectivity index (χ0v) is 29.7. The number of nitrogens with two attached hydrogens (primary N) is 1. The maximum absolute atomic E-state index is 12.6. The van der Waals surface area contributed by atoms with Crippen molar-refractivity contribution in [2.24, 2.45) is 5.73 Å². The van der Waals surface area contributed by atoms with Crippen LogP contribution in [-0.4, -0.2) is 47.8 Å². The third-order valence-electron chi connectivity index (χ3n) is 7.69. The van der Waals surface area contributed by atoms with Gasteiger partial charge in [-0.1, -0.05) is 127 Å². The summed E-state index contributed by atoms with van der Waals surface area (Å²) >= 11 is 0. The summed E-state index contributed by atoms with van der Waals surface area (Å²) in [6.07, 6.45) is 36.2. The van der Waals surface area contributed by atoms with Crippen LogP contribution in [0.2, 0.25) is 0 Å². The molecule has 0 saturated carbocycles. The van der Waals surface area contributed by atoms with Crippen LogP contribution in [0.15, 0.2) is 36.5 Å². The van der Waals surface area contributed by atoms with E-state index >= 15 is 0 Å². The second-order valence-electron chi connectivity index (χ2n) is 12.1. The van der Waals surface area contributed by atoms with Crippen molar-refractivity contribution in [3.05, 3.63) is 36.5 Å². The molecule has 0 saturated heterocycles. The van der Waals surface area contributed by atoms with Crippen LogP contribution in [0.5, 0.6) is 0 Å². The Morgan fingerprint density at radius 1 is 0.711 bits per heavy atom. The van der Waals surface area contributed by atoms with Gasteiger partial charge in [-0.3, -0.25) is 13.8 Å². The number of carbonyl (C=O) groups is 1. The van der Waals surface area contributed by atoms with Crippen molar-refractivity contribution in [2.75, 3.05) is 19.8 Å². The van der Waals surface area contributed by atoms with Crippen LogP contribution in [0.4, 0.5) is 0 Å². The van der Waals surface area contributed by atoms with E-state index in [1.54, 1.807) is 6.08 Å². The van der Waals surface area contributed by atoms with Gasteiger partial charge in [-0.2, -0.15) is 0 Å². The number of phosphoric acid groups is 1. The normalized spacial score (nSPS) is 14.9. The minimum absolute atomic E-state index is 0.0722. The summed E-state index contributed by atoms with van der Waals surface area (Å²) in [5.74, 6) is -0.216. The van der Waals surface area contributed by atoms with Crippen molar-refractivity contribution >= 4 is 13.7 Å². The van der Waals surface area contributed by atoms with Gasteiger partial charge in [0.2, 0.25) is 5.91 Å². The summed E-state index contributed by atoms with van der Waals surface area (Å²) in [6, 6.07) is -0.877. The molecule has 264 valence electrons. The second kappa shape index (κ2) is 32.7. The lowest BCUT2D eigenvalue weighted by molar-refractivity contribution is -0.123. The monoisotopic (exact) mass is 656 g/mol. The minimum atomic E-state index is -4.34. The van der Waals surface area contributed by atoms with Crippen LogP contribution in [-0.2, 0) is 18.4 Å². The zero-order chi connectivity index (χ0) is 33.3. The van der Waals surface area contributed by atoms with E-state index in [0.717, 1.165) is 51.4 Å². The Kier molecular flexibility index (Phi) is 31.7. The zero-order valence-electron chi connectivity index (χ0n) is 28.8. The molecule has 0 radical (unpaired) electrons. The molecule has 45 heavy (non-hydrogen) atoms. The van der Waals surface area contributed by atoms with Gasteiger partial charge in [0.1, 0.15) is 0 Å². The first kappa shape index (κ1) is 43.7. The average Bonchev–Trinajstić information content (AvgIpc) is 3.02. The van der Waals surface area contributed by atoms with E-state index in [1.807, 2.05) is 6.08 Å². The van der Waals surface area contributed by atoms with Gasteiger partial charge in [0.05, 0.1) is 25.4 Å². The second-order valence-corrected chi connectivity index (χ2v) is 13.5. The number of amides is 1. The Bertz CT molecular complexity index is 804. The highest BCUT2D eigenvalue weighted by atomic mass is 31.2. The molecule has 0 aromatic rings. The van der Waals surface area contributed by atoms with Crippen molar-refractivity contribution < 1.29 is 28.4 Å². The van der Waals surface area contributed by atoms with E-state index in [2.05, 4.69) is 43.5 Å². The first-order valence-electron chi connectivity index (χ1n) is 18.1. The molecule has 0 aromatic heterocycles. The van der Waals surface area contributed by atoms with Gasteiger partial charge in [-0.25, -0.2) is 4.57 Å². The highest BCUT2D eigenvalue weighted by molar-refractivity contribution is 7.47. The fourth-order valence-electron chi connectivity index (χ4n) is 4.90. The SMILES string of the molecule is CCCCCCC/C=C\CCCCCCCC(=O)NC(COP(=O)(O)OCCN)C(O)/C=C/CC/C=C/CCCCCCCC. The first-order chi connectivity index (χ1) is 21.9. The van der Waals surface area contributed by atoms with Crippen LogP contribution in [0.3, 0.4) is 0 Å². The number of carbonyl (C=O) groups excluding carboxylic acids is 1. The molecular formula is C36H69N2O6P. The molecule has 0 rings (SSSR count). The number of unbranched alkanes of at least 4 members (excludes halogenated alkanes) is 17. The third kappa shape index (κ3) is 31.1. The lowest BCUT2D eigenvalue weighted by atomic mass is 10.1. The molecule has 0 aliphatic carbocycles. The Morgan fingerprint density at radius 3 is 1.71 bits per heavy atom. The van der Waals surface area contributed by atoms with Crippen molar-refractivity contribution in [1.29, 1.82) is 0 Å². The fraction of sp³-hybridized carbons (Fsp3) is 0.806. The minimum Gasteiger partial charge on any atom is -0.387 e. The van der Waals surface area contributed by atoms with E-state index in [-0.39, 0.29) is 25.7 Å². The van der Waals surface area contributed by atoms with E-state index in [4.69, 9.17) is 14.8 Å². The highest BCUT2D eigenvalue weighted by Gasteiger charge is 2.26. The van der Waals surface area contributed by atoms with Crippen LogP contribution < -0.4 is 11.1 Å². The van der Waals surface area contributed by atoms with Crippen LogP contribution in [0.1, 0.15) is 155 Å². The van der Waals surface area contributed by atoms with Gasteiger partial charge in [-0.05, 0) is 57.8 Å². The summed E-state index contributed by atoms with van der Waals surface area (Å²) in [5.41, 5.74) is 5.34. The molecule has 0 heterocycles. The average molecular weight is 657 g/mol. The van der Waals surface area contributed by atoms with Crippen molar-refractivity contribution in [3.8, 4) is 0 Å². The fourth-order valence-corrected chi connectivity index (χ4v) is 5.66. The van der Waals surface area contributed by atoms with Crippen LogP contribution in [0.25, 0.3) is 0 Å². The molecule has 5 N–H and O–H groups in total. The van der Waals surface area contributed by atoms with Crippen LogP contribution in [0, 0.1) is 0 Å². The number of hydrogen-bond acceptors (Lipinski definition) is 6. The van der Waals surface area contributed by atoms with Gasteiger partial charge >= 0.3 is 7.82 Å².